The Balaban J connectivity index is 1.67. The highest BCUT2D eigenvalue weighted by Gasteiger charge is 2.29. The van der Waals surface area contributed by atoms with E-state index in [4.69, 9.17) is 5.10 Å². The quantitative estimate of drug-likeness (QED) is 0.329. The van der Waals surface area contributed by atoms with Gasteiger partial charge in [0.1, 0.15) is 16.9 Å². The van der Waals surface area contributed by atoms with Gasteiger partial charge in [-0.2, -0.15) is 5.10 Å². The summed E-state index contributed by atoms with van der Waals surface area (Å²) in [5.74, 6) is -0.00645. The number of hydrogen-bond acceptors (Lipinski definition) is 6. The molecule has 6 rings (SSSR count). The summed E-state index contributed by atoms with van der Waals surface area (Å²) >= 11 is 1.48. The van der Waals surface area contributed by atoms with E-state index < -0.39 is 21.1 Å². The number of nitrogens with zero attached hydrogens (tertiary/aromatic N) is 5. The number of thiophene rings is 1. The van der Waals surface area contributed by atoms with Crippen molar-refractivity contribution in [1.29, 1.82) is 0 Å². The number of hydrogen-bond donors (Lipinski definition) is 0. The van der Waals surface area contributed by atoms with Crippen LogP contribution in [-0.4, -0.2) is 38.2 Å². The van der Waals surface area contributed by atoms with E-state index in [1.165, 1.54) is 42.8 Å². The number of sulfone groups is 1. The first-order chi connectivity index (χ1) is 17.5. The fourth-order valence-corrected chi connectivity index (χ4v) is 6.38. The van der Waals surface area contributed by atoms with Gasteiger partial charge in [0.25, 0.3) is 5.56 Å². The van der Waals surface area contributed by atoms with Crippen molar-refractivity contribution < 1.29 is 12.8 Å². The fraction of sp³-hybridized carbons (Fsp3) is 0.320. The number of benzene rings is 1. The summed E-state index contributed by atoms with van der Waals surface area (Å²) in [5, 5.41) is 7.67. The van der Waals surface area contributed by atoms with Crippen LogP contribution in [0.1, 0.15) is 18.4 Å². The summed E-state index contributed by atoms with van der Waals surface area (Å²) in [5.41, 5.74) is 1.02. The first kappa shape index (κ1) is 23.9. The molecule has 4 heterocycles. The monoisotopic (exact) mass is 541 g/mol. The zero-order valence-electron chi connectivity index (χ0n) is 20.4. The Kier molecular flexibility index (Phi) is 5.32. The lowest BCUT2D eigenvalue weighted by Crippen LogP contribution is -2.38. The Hall–Kier alpha value is -3.51. The van der Waals surface area contributed by atoms with E-state index in [1.807, 2.05) is 5.38 Å². The van der Waals surface area contributed by atoms with Crippen LogP contribution in [0.4, 0.5) is 4.39 Å². The third kappa shape index (κ3) is 3.95. The summed E-state index contributed by atoms with van der Waals surface area (Å²) < 4.78 is 45.5. The highest BCUT2D eigenvalue weighted by molar-refractivity contribution is 7.90. The molecule has 0 amide bonds. The van der Waals surface area contributed by atoms with Crippen molar-refractivity contribution in [1.82, 2.24) is 23.5 Å². The van der Waals surface area contributed by atoms with E-state index in [-0.39, 0.29) is 28.3 Å². The average molecular weight is 542 g/mol. The molecule has 0 N–H and O–H groups in total. The van der Waals surface area contributed by atoms with Crippen LogP contribution in [0, 0.1) is 11.7 Å². The molecular formula is C25H24FN5O4S2. The fourth-order valence-electron chi connectivity index (χ4n) is 4.77. The van der Waals surface area contributed by atoms with Crippen molar-refractivity contribution in [2.24, 2.45) is 20.0 Å². The maximum absolute atomic E-state index is 14.1. The highest BCUT2D eigenvalue weighted by Crippen LogP contribution is 2.34. The largest absolute Gasteiger partial charge is 0.348 e. The van der Waals surface area contributed by atoms with Gasteiger partial charge in [-0.25, -0.2) is 17.6 Å². The van der Waals surface area contributed by atoms with Gasteiger partial charge in [-0.3, -0.25) is 18.6 Å². The second-order valence-corrected chi connectivity index (χ2v) is 12.7. The lowest BCUT2D eigenvalue weighted by Gasteiger charge is -2.09. The third-order valence-corrected chi connectivity index (χ3v) is 9.04. The van der Waals surface area contributed by atoms with Crippen LogP contribution in [0.3, 0.4) is 0 Å². The molecule has 192 valence electrons. The van der Waals surface area contributed by atoms with Gasteiger partial charge < -0.3 is 4.57 Å². The number of aryl methyl sites for hydroxylation is 1. The van der Waals surface area contributed by atoms with E-state index in [0.29, 0.717) is 23.9 Å². The van der Waals surface area contributed by atoms with Gasteiger partial charge in [0.05, 0.1) is 17.1 Å². The Bertz CT molecular complexity index is 1950. The molecule has 1 aromatic carbocycles. The van der Waals surface area contributed by atoms with Crippen molar-refractivity contribution in [2.75, 3.05) is 6.26 Å². The molecule has 0 spiro atoms. The zero-order chi connectivity index (χ0) is 26.2. The van der Waals surface area contributed by atoms with E-state index >= 15 is 0 Å². The summed E-state index contributed by atoms with van der Waals surface area (Å²) in [7, 11) is -0.372. The van der Waals surface area contributed by atoms with Crippen LogP contribution in [-0.2, 0) is 37.0 Å². The normalized spacial score (nSPS) is 14.3. The first-order valence-corrected chi connectivity index (χ1v) is 14.5. The molecule has 9 nitrogen and oxygen atoms in total. The van der Waals surface area contributed by atoms with Gasteiger partial charge in [-0.1, -0.05) is 0 Å². The van der Waals surface area contributed by atoms with Gasteiger partial charge in [0.2, 0.25) is 0 Å². The molecule has 5 aromatic rings. The number of fused-ring (bicyclic) bond motifs is 2. The van der Waals surface area contributed by atoms with Crippen molar-refractivity contribution >= 4 is 42.3 Å². The van der Waals surface area contributed by atoms with Crippen molar-refractivity contribution in [3.8, 4) is 11.4 Å². The zero-order valence-corrected chi connectivity index (χ0v) is 22.1. The van der Waals surface area contributed by atoms with Gasteiger partial charge in [-0.15, -0.1) is 11.3 Å². The molecule has 1 aliphatic rings. The molecule has 0 unspecified atom stereocenters. The number of halogens is 1. The molecule has 0 saturated heterocycles. The van der Waals surface area contributed by atoms with Crippen molar-refractivity contribution in [3.63, 3.8) is 0 Å². The second-order valence-electron chi connectivity index (χ2n) is 9.75. The first-order valence-electron chi connectivity index (χ1n) is 11.8. The van der Waals surface area contributed by atoms with Crippen molar-refractivity contribution in [2.45, 2.75) is 30.8 Å². The summed E-state index contributed by atoms with van der Waals surface area (Å²) in [6, 6.07) is 6.12. The standard InChI is InChI=1S/C25H24FN5O4S2/c1-28-12-17(37(3,34)35)9-19(28)22-21-23(30(10-14-4-5-14)25(33)29(2)24(21)32)27-31(22)11-15-13-36-20-7-6-16(26)8-18(15)20/h6-9,12-14H,4-5,10-11H2,1-3H3. The van der Waals surface area contributed by atoms with Gasteiger partial charge in [-0.05, 0) is 54.0 Å². The lowest BCUT2D eigenvalue weighted by molar-refractivity contribution is 0.572. The number of rotatable bonds is 6. The lowest BCUT2D eigenvalue weighted by atomic mass is 10.1. The predicted molar refractivity (Wildman–Crippen MR) is 140 cm³/mol. The Labute approximate surface area is 214 Å². The topological polar surface area (TPSA) is 101 Å². The third-order valence-electron chi connectivity index (χ3n) is 6.95. The molecule has 1 aliphatic carbocycles. The SMILES string of the molecule is Cn1cc(S(C)(=O)=O)cc1-c1c2c(=O)n(C)c(=O)n(CC3CC3)c2nn1Cc1csc2ccc(F)cc12. The van der Waals surface area contributed by atoms with Crippen LogP contribution in [0.25, 0.3) is 32.5 Å². The molecule has 0 atom stereocenters. The van der Waals surface area contributed by atoms with Gasteiger partial charge in [0.15, 0.2) is 15.5 Å². The highest BCUT2D eigenvalue weighted by atomic mass is 32.2. The van der Waals surface area contributed by atoms with E-state index in [1.54, 1.807) is 26.9 Å². The van der Waals surface area contributed by atoms with E-state index in [9.17, 15) is 22.4 Å². The Morgan fingerprint density at radius 2 is 1.92 bits per heavy atom. The molecule has 12 heteroatoms. The van der Waals surface area contributed by atoms with Gasteiger partial charge in [0, 0.05) is 43.2 Å². The smallest absolute Gasteiger partial charge is 0.332 e. The predicted octanol–water partition coefficient (Wildman–Crippen LogP) is 3.12. The number of aromatic nitrogens is 5. The average Bonchev–Trinajstić information content (AvgIpc) is 3.27. The molecule has 1 saturated carbocycles. The van der Waals surface area contributed by atoms with E-state index in [0.717, 1.165) is 39.3 Å². The molecule has 4 aromatic heterocycles. The minimum absolute atomic E-state index is 0.108. The molecule has 37 heavy (non-hydrogen) atoms. The molecule has 0 bridgehead atoms. The van der Waals surface area contributed by atoms with Crippen LogP contribution in [0.15, 0.2) is 50.3 Å². The Morgan fingerprint density at radius 3 is 2.59 bits per heavy atom. The second kappa shape index (κ2) is 8.25. The summed E-state index contributed by atoms with van der Waals surface area (Å²) in [6.07, 6.45) is 4.63. The molecule has 0 aliphatic heterocycles. The van der Waals surface area contributed by atoms with E-state index in [2.05, 4.69) is 0 Å². The molecular weight excluding hydrogens is 517 g/mol. The minimum atomic E-state index is -3.52. The van der Waals surface area contributed by atoms with Crippen LogP contribution < -0.4 is 11.2 Å². The molecule has 0 radical (unpaired) electrons. The van der Waals surface area contributed by atoms with Crippen LogP contribution >= 0.6 is 11.3 Å². The summed E-state index contributed by atoms with van der Waals surface area (Å²) in [6.45, 7) is 0.655. The summed E-state index contributed by atoms with van der Waals surface area (Å²) in [4.78, 5) is 26.7. The maximum atomic E-state index is 14.1. The van der Waals surface area contributed by atoms with Crippen LogP contribution in [0.2, 0.25) is 0 Å². The van der Waals surface area contributed by atoms with Crippen LogP contribution in [0.5, 0.6) is 0 Å². The Morgan fingerprint density at radius 1 is 1.16 bits per heavy atom. The van der Waals surface area contributed by atoms with Crippen molar-refractivity contribution in [3.05, 3.63) is 68.1 Å². The molecule has 1 fully saturated rings. The maximum Gasteiger partial charge on any atom is 0.332 e. The minimum Gasteiger partial charge on any atom is -0.348 e. The van der Waals surface area contributed by atoms with Gasteiger partial charge >= 0.3 is 5.69 Å².